The molecule has 1 rings (SSSR count). The van der Waals surface area contributed by atoms with Crippen molar-refractivity contribution < 1.29 is 19.1 Å². The number of rotatable bonds is 6. The lowest BCUT2D eigenvalue weighted by Crippen LogP contribution is -2.36. The SMILES string of the molecule is CCCNC(=O)C(C)OC(=O)c1sc(NC(=O)C(C)(C)C)cc1C. The van der Waals surface area contributed by atoms with Crippen LogP contribution in [0.4, 0.5) is 5.00 Å². The Morgan fingerprint density at radius 1 is 1.29 bits per heavy atom. The van der Waals surface area contributed by atoms with Gasteiger partial charge in [-0.2, -0.15) is 0 Å². The number of anilines is 1. The predicted octanol–water partition coefficient (Wildman–Crippen LogP) is 3.11. The third-order valence-corrected chi connectivity index (χ3v) is 4.36. The standard InChI is InChI=1S/C17H26N2O4S/c1-7-8-18-14(20)11(3)23-15(21)13-10(2)9-12(24-13)19-16(22)17(4,5)6/h9,11H,7-8H2,1-6H3,(H,18,20)(H,19,22). The number of aryl methyl sites for hydroxylation is 1. The largest absolute Gasteiger partial charge is 0.448 e. The molecule has 6 nitrogen and oxygen atoms in total. The number of carbonyl (C=O) groups excluding carboxylic acids is 3. The van der Waals surface area contributed by atoms with E-state index in [1.807, 2.05) is 27.7 Å². The minimum absolute atomic E-state index is 0.129. The summed E-state index contributed by atoms with van der Waals surface area (Å²) in [6.45, 7) is 11.2. The maximum atomic E-state index is 12.2. The fourth-order valence-corrected chi connectivity index (χ4v) is 2.66. The van der Waals surface area contributed by atoms with Crippen molar-refractivity contribution in [3.63, 3.8) is 0 Å². The average molecular weight is 354 g/mol. The number of ether oxygens (including phenoxy) is 1. The quantitative estimate of drug-likeness (QED) is 0.769. The van der Waals surface area contributed by atoms with Crippen molar-refractivity contribution in [2.45, 2.75) is 54.1 Å². The van der Waals surface area contributed by atoms with Gasteiger partial charge in [-0.05, 0) is 31.9 Å². The van der Waals surface area contributed by atoms with Gasteiger partial charge >= 0.3 is 5.97 Å². The zero-order valence-corrected chi connectivity index (χ0v) is 15.9. The van der Waals surface area contributed by atoms with Gasteiger partial charge in [-0.3, -0.25) is 9.59 Å². The van der Waals surface area contributed by atoms with Gasteiger partial charge in [0.15, 0.2) is 6.10 Å². The molecule has 0 radical (unpaired) electrons. The Labute approximate surface area is 147 Å². The summed E-state index contributed by atoms with van der Waals surface area (Å²) in [6, 6.07) is 1.73. The molecule has 1 heterocycles. The topological polar surface area (TPSA) is 84.5 Å². The van der Waals surface area contributed by atoms with Crippen LogP contribution in [0, 0.1) is 12.3 Å². The lowest BCUT2D eigenvalue weighted by molar-refractivity contribution is -0.129. The first-order chi connectivity index (χ1) is 11.1. The highest BCUT2D eigenvalue weighted by molar-refractivity contribution is 7.18. The lowest BCUT2D eigenvalue weighted by atomic mass is 9.96. The van der Waals surface area contributed by atoms with Crippen LogP contribution in [-0.4, -0.2) is 30.4 Å². The van der Waals surface area contributed by atoms with Gasteiger partial charge in [0, 0.05) is 12.0 Å². The van der Waals surface area contributed by atoms with Crippen molar-refractivity contribution in [2.24, 2.45) is 5.41 Å². The van der Waals surface area contributed by atoms with Crippen molar-refractivity contribution in [1.82, 2.24) is 5.32 Å². The maximum absolute atomic E-state index is 12.2. The number of nitrogens with one attached hydrogen (secondary N) is 2. The Balaban J connectivity index is 2.75. The number of hydrogen-bond acceptors (Lipinski definition) is 5. The summed E-state index contributed by atoms with van der Waals surface area (Å²) in [6.07, 6.45) is -0.0500. The van der Waals surface area contributed by atoms with Gasteiger partial charge in [-0.25, -0.2) is 4.79 Å². The molecule has 24 heavy (non-hydrogen) atoms. The van der Waals surface area contributed by atoms with E-state index in [0.29, 0.717) is 22.0 Å². The molecule has 134 valence electrons. The minimum atomic E-state index is -0.863. The summed E-state index contributed by atoms with van der Waals surface area (Å²) in [5.41, 5.74) is 0.181. The zero-order valence-electron chi connectivity index (χ0n) is 15.1. The molecule has 1 atom stereocenters. The number of carbonyl (C=O) groups is 3. The van der Waals surface area contributed by atoms with Crippen LogP contribution in [0.5, 0.6) is 0 Å². The van der Waals surface area contributed by atoms with Crippen LogP contribution in [0.15, 0.2) is 6.07 Å². The van der Waals surface area contributed by atoms with Crippen LogP contribution in [0.2, 0.25) is 0 Å². The van der Waals surface area contributed by atoms with Crippen molar-refractivity contribution in [1.29, 1.82) is 0 Å². The van der Waals surface area contributed by atoms with E-state index >= 15 is 0 Å². The van der Waals surface area contributed by atoms with E-state index in [4.69, 9.17) is 4.74 Å². The molecular formula is C17H26N2O4S. The van der Waals surface area contributed by atoms with E-state index in [-0.39, 0.29) is 11.8 Å². The Hall–Kier alpha value is -1.89. The second-order valence-corrected chi connectivity index (χ2v) is 7.72. The van der Waals surface area contributed by atoms with E-state index < -0.39 is 17.5 Å². The lowest BCUT2D eigenvalue weighted by Gasteiger charge is -2.16. The first-order valence-corrected chi connectivity index (χ1v) is 8.78. The number of amides is 2. The Kier molecular flexibility index (Phi) is 6.95. The van der Waals surface area contributed by atoms with Gasteiger partial charge in [0.1, 0.15) is 4.88 Å². The highest BCUT2D eigenvalue weighted by Crippen LogP contribution is 2.29. The van der Waals surface area contributed by atoms with Crippen molar-refractivity contribution in [3.05, 3.63) is 16.5 Å². The Bertz CT molecular complexity index is 617. The molecule has 0 aliphatic carbocycles. The van der Waals surface area contributed by atoms with E-state index in [2.05, 4.69) is 10.6 Å². The van der Waals surface area contributed by atoms with E-state index in [1.54, 1.807) is 13.0 Å². The third kappa shape index (κ3) is 5.63. The Morgan fingerprint density at radius 3 is 2.46 bits per heavy atom. The van der Waals surface area contributed by atoms with Gasteiger partial charge in [-0.15, -0.1) is 11.3 Å². The molecule has 1 aromatic rings. The minimum Gasteiger partial charge on any atom is -0.448 e. The van der Waals surface area contributed by atoms with Crippen LogP contribution in [0.3, 0.4) is 0 Å². The van der Waals surface area contributed by atoms with Crippen LogP contribution in [0.1, 0.15) is 56.3 Å². The molecule has 0 spiro atoms. The maximum Gasteiger partial charge on any atom is 0.349 e. The third-order valence-electron chi connectivity index (χ3n) is 3.22. The number of thiophene rings is 1. The normalized spacial score (nSPS) is 12.4. The van der Waals surface area contributed by atoms with E-state index in [1.165, 1.54) is 6.92 Å². The summed E-state index contributed by atoms with van der Waals surface area (Å²) in [7, 11) is 0. The fourth-order valence-electron chi connectivity index (χ4n) is 1.71. The molecule has 1 aromatic heterocycles. The Morgan fingerprint density at radius 2 is 1.92 bits per heavy atom. The molecule has 0 saturated carbocycles. The molecule has 0 bridgehead atoms. The van der Waals surface area contributed by atoms with Crippen molar-refractivity contribution in [3.8, 4) is 0 Å². The molecule has 2 amide bonds. The summed E-state index contributed by atoms with van der Waals surface area (Å²) in [5.74, 6) is -1.01. The molecule has 1 unspecified atom stereocenters. The molecule has 0 aliphatic heterocycles. The highest BCUT2D eigenvalue weighted by Gasteiger charge is 2.25. The number of esters is 1. The first-order valence-electron chi connectivity index (χ1n) is 7.96. The molecular weight excluding hydrogens is 328 g/mol. The molecule has 0 aromatic carbocycles. The monoisotopic (exact) mass is 354 g/mol. The van der Waals surface area contributed by atoms with Gasteiger partial charge < -0.3 is 15.4 Å². The summed E-state index contributed by atoms with van der Waals surface area (Å²) in [4.78, 5) is 36.4. The summed E-state index contributed by atoms with van der Waals surface area (Å²) >= 11 is 1.15. The predicted molar refractivity (Wildman–Crippen MR) is 95.3 cm³/mol. The van der Waals surface area contributed by atoms with Gasteiger partial charge in [-0.1, -0.05) is 27.7 Å². The average Bonchev–Trinajstić information content (AvgIpc) is 2.84. The second kappa shape index (κ2) is 8.28. The van der Waals surface area contributed by atoms with Crippen molar-refractivity contribution >= 4 is 34.1 Å². The first kappa shape index (κ1) is 20.2. The van der Waals surface area contributed by atoms with Crippen molar-refractivity contribution in [2.75, 3.05) is 11.9 Å². The zero-order chi connectivity index (χ0) is 18.5. The highest BCUT2D eigenvalue weighted by atomic mass is 32.1. The van der Waals surface area contributed by atoms with Gasteiger partial charge in [0.2, 0.25) is 5.91 Å². The van der Waals surface area contributed by atoms with Crippen LogP contribution < -0.4 is 10.6 Å². The van der Waals surface area contributed by atoms with E-state index in [9.17, 15) is 14.4 Å². The molecule has 2 N–H and O–H groups in total. The molecule has 7 heteroatoms. The van der Waals surface area contributed by atoms with Crippen LogP contribution >= 0.6 is 11.3 Å². The summed E-state index contributed by atoms with van der Waals surface area (Å²) < 4.78 is 5.21. The summed E-state index contributed by atoms with van der Waals surface area (Å²) in [5, 5.41) is 6.06. The van der Waals surface area contributed by atoms with Crippen LogP contribution in [0.25, 0.3) is 0 Å². The molecule has 0 aliphatic rings. The van der Waals surface area contributed by atoms with Gasteiger partial charge in [0.25, 0.3) is 5.91 Å². The van der Waals surface area contributed by atoms with Crippen LogP contribution in [-0.2, 0) is 14.3 Å². The second-order valence-electron chi connectivity index (χ2n) is 6.67. The molecule has 0 saturated heterocycles. The van der Waals surface area contributed by atoms with Gasteiger partial charge in [0.05, 0.1) is 5.00 Å². The fraction of sp³-hybridized carbons (Fsp3) is 0.588. The smallest absolute Gasteiger partial charge is 0.349 e. The van der Waals surface area contributed by atoms with E-state index in [0.717, 1.165) is 17.8 Å². The molecule has 0 fully saturated rings. The number of hydrogen-bond donors (Lipinski definition) is 2.